The Hall–Kier alpha value is -1.43. The molecule has 1 unspecified atom stereocenters. The summed E-state index contributed by atoms with van der Waals surface area (Å²) in [6.45, 7) is 1.87. The van der Waals surface area contributed by atoms with Crippen molar-refractivity contribution in [1.29, 1.82) is 0 Å². The number of hydrogen-bond acceptors (Lipinski definition) is 4. The van der Waals surface area contributed by atoms with Gasteiger partial charge in [0.1, 0.15) is 6.33 Å². The molecule has 1 atom stereocenters. The zero-order valence-corrected chi connectivity index (χ0v) is 8.40. The lowest BCUT2D eigenvalue weighted by Gasteiger charge is -2.05. The maximum absolute atomic E-state index is 11.3. The van der Waals surface area contributed by atoms with E-state index in [-0.39, 0.29) is 11.9 Å². The SMILES string of the molecule is CC(N)CCC(=O)Nc1ncnn1C. The quantitative estimate of drug-likeness (QED) is 0.704. The van der Waals surface area contributed by atoms with Gasteiger partial charge in [-0.1, -0.05) is 0 Å². The number of anilines is 1. The predicted molar refractivity (Wildman–Crippen MR) is 52.5 cm³/mol. The molecule has 0 aliphatic heterocycles. The molecule has 0 fully saturated rings. The second kappa shape index (κ2) is 4.71. The molecule has 1 rings (SSSR count). The molecule has 0 aromatic carbocycles. The predicted octanol–water partition coefficient (Wildman–Crippen LogP) is -0.119. The molecular weight excluding hydrogens is 182 g/mol. The number of carbonyl (C=O) groups excluding carboxylic acids is 1. The summed E-state index contributed by atoms with van der Waals surface area (Å²) in [5.74, 6) is 0.373. The van der Waals surface area contributed by atoms with Crippen LogP contribution in [0.15, 0.2) is 6.33 Å². The lowest BCUT2D eigenvalue weighted by Crippen LogP contribution is -2.20. The van der Waals surface area contributed by atoms with Crippen molar-refractivity contribution in [3.05, 3.63) is 6.33 Å². The zero-order chi connectivity index (χ0) is 10.6. The Labute approximate surface area is 82.5 Å². The number of rotatable bonds is 4. The summed E-state index contributed by atoms with van der Waals surface area (Å²) in [7, 11) is 1.72. The van der Waals surface area contributed by atoms with Crippen molar-refractivity contribution in [2.45, 2.75) is 25.8 Å². The smallest absolute Gasteiger partial charge is 0.227 e. The van der Waals surface area contributed by atoms with Crippen molar-refractivity contribution in [3.8, 4) is 0 Å². The Kier molecular flexibility index (Phi) is 3.58. The summed E-state index contributed by atoms with van der Waals surface area (Å²) in [5, 5.41) is 6.47. The van der Waals surface area contributed by atoms with E-state index >= 15 is 0 Å². The minimum atomic E-state index is -0.0848. The van der Waals surface area contributed by atoms with Crippen molar-refractivity contribution in [2.75, 3.05) is 5.32 Å². The highest BCUT2D eigenvalue weighted by Gasteiger charge is 2.06. The fourth-order valence-corrected chi connectivity index (χ4v) is 0.955. The third-order valence-electron chi connectivity index (χ3n) is 1.79. The van der Waals surface area contributed by atoms with Gasteiger partial charge in [0, 0.05) is 19.5 Å². The lowest BCUT2D eigenvalue weighted by molar-refractivity contribution is -0.116. The molecule has 1 amide bonds. The van der Waals surface area contributed by atoms with E-state index in [4.69, 9.17) is 5.73 Å². The molecule has 1 aromatic rings. The van der Waals surface area contributed by atoms with Crippen LogP contribution in [0.4, 0.5) is 5.95 Å². The van der Waals surface area contributed by atoms with E-state index in [0.717, 1.165) is 0 Å². The van der Waals surface area contributed by atoms with Gasteiger partial charge in [0.2, 0.25) is 11.9 Å². The van der Waals surface area contributed by atoms with Crippen LogP contribution in [0, 0.1) is 0 Å². The summed E-state index contributed by atoms with van der Waals surface area (Å²) in [4.78, 5) is 15.2. The standard InChI is InChI=1S/C8H15N5O/c1-6(9)3-4-7(14)12-8-10-5-11-13(8)2/h5-6H,3-4,9H2,1-2H3,(H,10,11,12,14). The molecule has 1 aromatic heterocycles. The minimum Gasteiger partial charge on any atom is -0.328 e. The Morgan fingerprint density at radius 2 is 2.50 bits per heavy atom. The van der Waals surface area contributed by atoms with Crippen molar-refractivity contribution >= 4 is 11.9 Å². The van der Waals surface area contributed by atoms with Gasteiger partial charge in [-0.05, 0) is 13.3 Å². The Morgan fingerprint density at radius 3 is 3.00 bits per heavy atom. The number of nitrogens with two attached hydrogens (primary N) is 1. The van der Waals surface area contributed by atoms with Crippen molar-refractivity contribution in [1.82, 2.24) is 14.8 Å². The van der Waals surface area contributed by atoms with Gasteiger partial charge in [0.15, 0.2) is 0 Å². The highest BCUT2D eigenvalue weighted by Crippen LogP contribution is 2.01. The first kappa shape index (κ1) is 10.6. The number of amides is 1. The van der Waals surface area contributed by atoms with Gasteiger partial charge in [-0.3, -0.25) is 10.1 Å². The third-order valence-corrected chi connectivity index (χ3v) is 1.79. The van der Waals surface area contributed by atoms with Crippen LogP contribution in [0.3, 0.4) is 0 Å². The number of nitrogens with zero attached hydrogens (tertiary/aromatic N) is 3. The average molecular weight is 197 g/mol. The van der Waals surface area contributed by atoms with Crippen LogP contribution in [0.2, 0.25) is 0 Å². The highest BCUT2D eigenvalue weighted by molar-refractivity contribution is 5.88. The van der Waals surface area contributed by atoms with Gasteiger partial charge in [-0.15, -0.1) is 0 Å². The molecule has 6 heteroatoms. The van der Waals surface area contributed by atoms with Crippen molar-refractivity contribution in [3.63, 3.8) is 0 Å². The fraction of sp³-hybridized carbons (Fsp3) is 0.625. The second-order valence-corrected chi connectivity index (χ2v) is 3.27. The number of hydrogen-bond donors (Lipinski definition) is 2. The molecule has 1 heterocycles. The van der Waals surface area contributed by atoms with E-state index in [2.05, 4.69) is 15.4 Å². The van der Waals surface area contributed by atoms with E-state index in [1.165, 1.54) is 11.0 Å². The highest BCUT2D eigenvalue weighted by atomic mass is 16.1. The largest absolute Gasteiger partial charge is 0.328 e. The maximum atomic E-state index is 11.3. The molecule has 0 saturated heterocycles. The van der Waals surface area contributed by atoms with Crippen LogP contribution in [0.1, 0.15) is 19.8 Å². The topological polar surface area (TPSA) is 85.8 Å². The second-order valence-electron chi connectivity index (χ2n) is 3.27. The van der Waals surface area contributed by atoms with Crippen molar-refractivity contribution in [2.24, 2.45) is 12.8 Å². The van der Waals surface area contributed by atoms with E-state index in [9.17, 15) is 4.79 Å². The van der Waals surface area contributed by atoms with Gasteiger partial charge >= 0.3 is 0 Å². The average Bonchev–Trinajstić information content (AvgIpc) is 2.49. The molecule has 0 spiro atoms. The van der Waals surface area contributed by atoms with Gasteiger partial charge < -0.3 is 5.73 Å². The third kappa shape index (κ3) is 3.14. The molecule has 0 bridgehead atoms. The summed E-state index contributed by atoms with van der Waals surface area (Å²) in [5.41, 5.74) is 5.53. The fourth-order valence-electron chi connectivity index (χ4n) is 0.955. The van der Waals surface area contributed by atoms with Crippen LogP contribution >= 0.6 is 0 Å². The van der Waals surface area contributed by atoms with Gasteiger partial charge in [-0.25, -0.2) is 4.68 Å². The van der Waals surface area contributed by atoms with E-state index < -0.39 is 0 Å². The minimum absolute atomic E-state index is 0.0419. The molecule has 0 radical (unpaired) electrons. The molecule has 14 heavy (non-hydrogen) atoms. The van der Waals surface area contributed by atoms with Gasteiger partial charge in [0.25, 0.3) is 0 Å². The molecule has 3 N–H and O–H groups in total. The number of aryl methyl sites for hydroxylation is 1. The van der Waals surface area contributed by atoms with E-state index in [0.29, 0.717) is 18.8 Å². The first-order valence-electron chi connectivity index (χ1n) is 4.49. The van der Waals surface area contributed by atoms with Gasteiger partial charge in [-0.2, -0.15) is 10.1 Å². The number of carbonyl (C=O) groups is 1. The summed E-state index contributed by atoms with van der Waals surface area (Å²) >= 11 is 0. The Morgan fingerprint density at radius 1 is 1.79 bits per heavy atom. The first-order valence-corrected chi connectivity index (χ1v) is 4.49. The van der Waals surface area contributed by atoms with E-state index in [1.807, 2.05) is 6.92 Å². The van der Waals surface area contributed by atoms with Crippen LogP contribution in [0.25, 0.3) is 0 Å². The summed E-state index contributed by atoms with van der Waals surface area (Å²) in [6.07, 6.45) is 2.47. The normalized spacial score (nSPS) is 12.5. The first-order chi connectivity index (χ1) is 6.59. The molecule has 0 saturated carbocycles. The Bertz CT molecular complexity index is 306. The van der Waals surface area contributed by atoms with E-state index in [1.54, 1.807) is 7.05 Å². The van der Waals surface area contributed by atoms with Crippen LogP contribution in [-0.4, -0.2) is 26.7 Å². The molecular formula is C8H15N5O. The molecule has 78 valence electrons. The van der Waals surface area contributed by atoms with Crippen LogP contribution in [0.5, 0.6) is 0 Å². The van der Waals surface area contributed by atoms with Crippen LogP contribution < -0.4 is 11.1 Å². The lowest BCUT2D eigenvalue weighted by atomic mass is 10.2. The maximum Gasteiger partial charge on any atom is 0.227 e. The van der Waals surface area contributed by atoms with Gasteiger partial charge in [0.05, 0.1) is 0 Å². The van der Waals surface area contributed by atoms with Crippen LogP contribution in [-0.2, 0) is 11.8 Å². The monoisotopic (exact) mass is 197 g/mol. The molecule has 0 aliphatic carbocycles. The molecule has 0 aliphatic rings. The number of nitrogens with one attached hydrogen (secondary N) is 1. The zero-order valence-electron chi connectivity index (χ0n) is 8.40. The Balaban J connectivity index is 2.38. The van der Waals surface area contributed by atoms with Crippen molar-refractivity contribution < 1.29 is 4.79 Å². The molecule has 6 nitrogen and oxygen atoms in total. The number of aromatic nitrogens is 3. The summed E-state index contributed by atoms with van der Waals surface area (Å²) in [6, 6.07) is 0.0419. The summed E-state index contributed by atoms with van der Waals surface area (Å²) < 4.78 is 1.50.